The molecular formula is C19H25N3O3. The van der Waals surface area contributed by atoms with Crippen LogP contribution in [0.2, 0.25) is 0 Å². The van der Waals surface area contributed by atoms with Crippen LogP contribution >= 0.6 is 0 Å². The molecule has 6 heteroatoms. The number of rotatable bonds is 5. The van der Waals surface area contributed by atoms with Gasteiger partial charge in [-0.25, -0.2) is 0 Å². The van der Waals surface area contributed by atoms with E-state index in [1.807, 2.05) is 42.1 Å². The number of aromatic nitrogens is 1. The van der Waals surface area contributed by atoms with Gasteiger partial charge in [0, 0.05) is 32.9 Å². The number of aryl methyl sites for hydroxylation is 1. The minimum atomic E-state index is -0.0129. The average Bonchev–Trinajstić information content (AvgIpc) is 3.24. The predicted octanol–water partition coefficient (Wildman–Crippen LogP) is 2.03. The number of ether oxygens (including phenoxy) is 1. The normalized spacial score (nSPS) is 22.7. The van der Waals surface area contributed by atoms with E-state index in [0.29, 0.717) is 18.2 Å². The Balaban J connectivity index is 1.19. The third-order valence-corrected chi connectivity index (χ3v) is 5.34. The first-order valence-electron chi connectivity index (χ1n) is 8.92. The molecule has 134 valence electrons. The van der Waals surface area contributed by atoms with Crippen molar-refractivity contribution in [1.82, 2.24) is 14.8 Å². The van der Waals surface area contributed by atoms with Gasteiger partial charge >= 0.3 is 0 Å². The van der Waals surface area contributed by atoms with Gasteiger partial charge in [0.25, 0.3) is 5.91 Å². The molecule has 2 aliphatic heterocycles. The monoisotopic (exact) mass is 343 g/mol. The molecule has 1 amide bonds. The highest BCUT2D eigenvalue weighted by Crippen LogP contribution is 2.36. The molecule has 25 heavy (non-hydrogen) atoms. The highest BCUT2D eigenvalue weighted by atomic mass is 16.5. The Hall–Kier alpha value is -2.05. The molecule has 2 saturated heterocycles. The largest absolute Gasteiger partial charge is 0.468 e. The second-order valence-corrected chi connectivity index (χ2v) is 7.34. The number of nitrogens with one attached hydrogen (secondary N) is 1. The number of hydrogen-bond acceptors (Lipinski definition) is 4. The van der Waals surface area contributed by atoms with E-state index in [4.69, 9.17) is 9.15 Å². The molecule has 0 unspecified atom stereocenters. The molecule has 2 aromatic rings. The van der Waals surface area contributed by atoms with E-state index in [2.05, 4.69) is 10.2 Å². The van der Waals surface area contributed by atoms with Crippen molar-refractivity contribution in [3.63, 3.8) is 0 Å². The van der Waals surface area contributed by atoms with Gasteiger partial charge in [0.15, 0.2) is 0 Å². The molecule has 1 atom stereocenters. The lowest BCUT2D eigenvalue weighted by molar-refractivity contribution is -0.182. The van der Waals surface area contributed by atoms with Crippen molar-refractivity contribution in [3.8, 4) is 0 Å². The zero-order valence-corrected chi connectivity index (χ0v) is 14.6. The first kappa shape index (κ1) is 16.4. The summed E-state index contributed by atoms with van der Waals surface area (Å²) in [5, 5.41) is 3.03. The first-order valence-corrected chi connectivity index (χ1v) is 8.92. The van der Waals surface area contributed by atoms with E-state index in [1.165, 1.54) is 0 Å². The summed E-state index contributed by atoms with van der Waals surface area (Å²) in [6, 6.07) is 7.66. The van der Waals surface area contributed by atoms with Gasteiger partial charge in [-0.1, -0.05) is 0 Å². The second-order valence-electron chi connectivity index (χ2n) is 7.34. The van der Waals surface area contributed by atoms with Gasteiger partial charge in [-0.15, -0.1) is 0 Å². The lowest BCUT2D eigenvalue weighted by Crippen LogP contribution is -2.64. The van der Waals surface area contributed by atoms with Crippen molar-refractivity contribution in [1.29, 1.82) is 0 Å². The fraction of sp³-hybridized carbons (Fsp3) is 0.526. The summed E-state index contributed by atoms with van der Waals surface area (Å²) in [5.74, 6) is 1.39. The summed E-state index contributed by atoms with van der Waals surface area (Å²) < 4.78 is 13.4. The molecule has 2 aromatic heterocycles. The third kappa shape index (κ3) is 3.50. The van der Waals surface area contributed by atoms with E-state index >= 15 is 0 Å². The van der Waals surface area contributed by atoms with E-state index in [-0.39, 0.29) is 11.5 Å². The Labute approximate surface area is 147 Å². The van der Waals surface area contributed by atoms with Gasteiger partial charge in [-0.3, -0.25) is 9.69 Å². The molecule has 4 heterocycles. The molecule has 4 rings (SSSR count). The van der Waals surface area contributed by atoms with E-state index < -0.39 is 0 Å². The number of likely N-dealkylation sites (tertiary alicyclic amines) is 1. The molecule has 1 spiro atoms. The molecule has 0 saturated carbocycles. The van der Waals surface area contributed by atoms with Gasteiger partial charge in [-0.05, 0) is 43.0 Å². The maximum Gasteiger partial charge on any atom is 0.267 e. The Bertz CT molecular complexity index is 706. The van der Waals surface area contributed by atoms with Gasteiger partial charge < -0.3 is 19.0 Å². The number of hydrogen-bond donors (Lipinski definition) is 1. The Morgan fingerprint density at radius 2 is 2.24 bits per heavy atom. The summed E-state index contributed by atoms with van der Waals surface area (Å²) in [5.41, 5.74) is 0.714. The summed E-state index contributed by atoms with van der Waals surface area (Å²) in [7, 11) is 1.88. The van der Waals surface area contributed by atoms with Gasteiger partial charge in [0.1, 0.15) is 11.5 Å². The van der Waals surface area contributed by atoms with Crippen molar-refractivity contribution in [2.24, 2.45) is 13.0 Å². The first-order chi connectivity index (χ1) is 12.1. The number of nitrogens with zero attached hydrogens (tertiary/aromatic N) is 2. The van der Waals surface area contributed by atoms with E-state index in [9.17, 15) is 4.79 Å². The molecule has 0 aromatic carbocycles. The van der Waals surface area contributed by atoms with Crippen LogP contribution in [0, 0.1) is 5.92 Å². The van der Waals surface area contributed by atoms with Gasteiger partial charge in [0.05, 0.1) is 25.0 Å². The number of amides is 1. The lowest BCUT2D eigenvalue weighted by Gasteiger charge is -2.52. The Kier molecular flexibility index (Phi) is 4.39. The number of carbonyl (C=O) groups is 1. The fourth-order valence-corrected chi connectivity index (χ4v) is 3.86. The van der Waals surface area contributed by atoms with Crippen LogP contribution in [0.4, 0.5) is 0 Å². The zero-order valence-electron chi connectivity index (χ0n) is 14.6. The predicted molar refractivity (Wildman–Crippen MR) is 93.1 cm³/mol. The summed E-state index contributed by atoms with van der Waals surface area (Å²) in [6.07, 6.45) is 5.76. The second kappa shape index (κ2) is 6.69. The minimum Gasteiger partial charge on any atom is -0.468 e. The van der Waals surface area contributed by atoms with Crippen LogP contribution in [0.3, 0.4) is 0 Å². The van der Waals surface area contributed by atoms with Crippen LogP contribution in [-0.4, -0.2) is 47.2 Å². The van der Waals surface area contributed by atoms with Crippen LogP contribution in [0.1, 0.15) is 29.1 Å². The van der Waals surface area contributed by atoms with Crippen LogP contribution < -0.4 is 5.32 Å². The SMILES string of the molecule is Cn1cccc1C(=O)NC[C@@H]1CCC2(CN(Cc3ccco3)C2)OC1. The quantitative estimate of drug-likeness (QED) is 0.902. The van der Waals surface area contributed by atoms with Crippen molar-refractivity contribution in [2.45, 2.75) is 25.0 Å². The summed E-state index contributed by atoms with van der Waals surface area (Å²) in [4.78, 5) is 14.5. The van der Waals surface area contributed by atoms with Crippen molar-refractivity contribution >= 4 is 5.91 Å². The molecule has 2 aliphatic rings. The summed E-state index contributed by atoms with van der Waals surface area (Å²) >= 11 is 0. The molecule has 0 bridgehead atoms. The van der Waals surface area contributed by atoms with E-state index in [0.717, 1.165) is 44.8 Å². The van der Waals surface area contributed by atoms with Crippen LogP contribution in [0.25, 0.3) is 0 Å². The van der Waals surface area contributed by atoms with Gasteiger partial charge in [0.2, 0.25) is 0 Å². The van der Waals surface area contributed by atoms with Crippen molar-refractivity contribution in [3.05, 3.63) is 48.2 Å². The fourth-order valence-electron chi connectivity index (χ4n) is 3.86. The molecule has 0 aliphatic carbocycles. The summed E-state index contributed by atoms with van der Waals surface area (Å²) in [6.45, 7) is 4.19. The molecule has 1 N–H and O–H groups in total. The Morgan fingerprint density at radius 1 is 1.36 bits per heavy atom. The molecular weight excluding hydrogens is 318 g/mol. The van der Waals surface area contributed by atoms with Gasteiger partial charge in [-0.2, -0.15) is 0 Å². The zero-order chi connectivity index (χ0) is 17.3. The highest BCUT2D eigenvalue weighted by Gasteiger charge is 2.46. The smallest absolute Gasteiger partial charge is 0.267 e. The molecule has 6 nitrogen and oxygen atoms in total. The maximum atomic E-state index is 12.2. The minimum absolute atomic E-state index is 0.0129. The number of carbonyl (C=O) groups excluding carboxylic acids is 1. The third-order valence-electron chi connectivity index (χ3n) is 5.34. The van der Waals surface area contributed by atoms with Crippen molar-refractivity contribution < 1.29 is 13.9 Å². The Morgan fingerprint density at radius 3 is 2.88 bits per heavy atom. The number of furan rings is 1. The average molecular weight is 343 g/mol. The maximum absolute atomic E-state index is 12.2. The van der Waals surface area contributed by atoms with Crippen molar-refractivity contribution in [2.75, 3.05) is 26.2 Å². The van der Waals surface area contributed by atoms with Crippen LogP contribution in [0.15, 0.2) is 41.1 Å². The topological polar surface area (TPSA) is 59.6 Å². The molecule has 0 radical (unpaired) electrons. The highest BCUT2D eigenvalue weighted by molar-refractivity contribution is 5.92. The standard InChI is InChI=1S/C19H25N3O3/c1-21-8-2-5-17(21)18(23)20-10-15-6-7-19(25-12-15)13-22(14-19)11-16-4-3-9-24-16/h2-5,8-9,15H,6-7,10-14H2,1H3,(H,20,23)/t15-/m0/s1. The lowest BCUT2D eigenvalue weighted by atomic mass is 9.83. The van der Waals surface area contributed by atoms with Crippen LogP contribution in [0.5, 0.6) is 0 Å². The van der Waals surface area contributed by atoms with E-state index in [1.54, 1.807) is 6.26 Å². The molecule has 2 fully saturated rings. The van der Waals surface area contributed by atoms with Crippen LogP contribution in [-0.2, 0) is 18.3 Å².